The summed E-state index contributed by atoms with van der Waals surface area (Å²) in [7, 11) is 0. The number of nitrogens with two attached hydrogens (primary N) is 1. The van der Waals surface area contributed by atoms with Gasteiger partial charge in [-0.05, 0) is 24.3 Å². The second kappa shape index (κ2) is 5.12. The third kappa shape index (κ3) is 2.83. The summed E-state index contributed by atoms with van der Waals surface area (Å²) in [5, 5.41) is 15.8. The normalized spacial score (nSPS) is 10.6. The fraction of sp³-hybridized carbons (Fsp3) is 0. The Labute approximate surface area is 122 Å². The molecular weight excluding hydrogens is 302 g/mol. The number of benzene rings is 1. The molecule has 3 N–H and O–H groups in total. The molecule has 96 valence electrons. The van der Waals surface area contributed by atoms with E-state index in [1.807, 2.05) is 29.6 Å². The van der Waals surface area contributed by atoms with Gasteiger partial charge in [0.1, 0.15) is 5.69 Å². The SMILES string of the molecule is Nc1nc(-c2nnc(Nc3ccc(Cl)cc3)s2)cs1. The van der Waals surface area contributed by atoms with Crippen LogP contribution < -0.4 is 11.1 Å². The van der Waals surface area contributed by atoms with Crippen LogP contribution >= 0.6 is 34.3 Å². The van der Waals surface area contributed by atoms with Crippen LogP contribution in [0.25, 0.3) is 10.7 Å². The summed E-state index contributed by atoms with van der Waals surface area (Å²) in [6.45, 7) is 0. The number of thiazole rings is 1. The molecular formula is C11H8ClN5S2. The number of anilines is 3. The van der Waals surface area contributed by atoms with Crippen LogP contribution in [0.3, 0.4) is 0 Å². The van der Waals surface area contributed by atoms with E-state index in [0.717, 1.165) is 16.4 Å². The minimum Gasteiger partial charge on any atom is -0.375 e. The fourth-order valence-corrected chi connectivity index (χ4v) is 2.89. The molecule has 0 aliphatic carbocycles. The summed E-state index contributed by atoms with van der Waals surface area (Å²) < 4.78 is 0. The van der Waals surface area contributed by atoms with Crippen LogP contribution in [0.2, 0.25) is 5.02 Å². The molecule has 19 heavy (non-hydrogen) atoms. The van der Waals surface area contributed by atoms with Gasteiger partial charge < -0.3 is 11.1 Å². The van der Waals surface area contributed by atoms with Crippen molar-refractivity contribution in [1.29, 1.82) is 0 Å². The molecule has 2 aromatic heterocycles. The van der Waals surface area contributed by atoms with Crippen molar-refractivity contribution in [2.75, 3.05) is 11.1 Å². The topological polar surface area (TPSA) is 76.7 Å². The van der Waals surface area contributed by atoms with Gasteiger partial charge in [-0.15, -0.1) is 21.5 Å². The molecule has 1 aromatic carbocycles. The van der Waals surface area contributed by atoms with E-state index < -0.39 is 0 Å². The van der Waals surface area contributed by atoms with Crippen LogP contribution in [0.4, 0.5) is 16.0 Å². The van der Waals surface area contributed by atoms with Crippen molar-refractivity contribution in [3.05, 3.63) is 34.7 Å². The second-order valence-corrected chi connectivity index (χ2v) is 5.92. The largest absolute Gasteiger partial charge is 0.375 e. The molecule has 3 rings (SSSR count). The Bertz CT molecular complexity index is 691. The van der Waals surface area contributed by atoms with E-state index in [4.69, 9.17) is 17.3 Å². The maximum atomic E-state index is 5.83. The van der Waals surface area contributed by atoms with Crippen LogP contribution in [0, 0.1) is 0 Å². The number of hydrogen-bond donors (Lipinski definition) is 2. The van der Waals surface area contributed by atoms with E-state index in [1.165, 1.54) is 22.7 Å². The summed E-state index contributed by atoms with van der Waals surface area (Å²) in [5.41, 5.74) is 7.26. The lowest BCUT2D eigenvalue weighted by atomic mass is 10.3. The van der Waals surface area contributed by atoms with E-state index in [2.05, 4.69) is 20.5 Å². The van der Waals surface area contributed by atoms with Gasteiger partial charge in [0.15, 0.2) is 10.1 Å². The van der Waals surface area contributed by atoms with Crippen LogP contribution in [0.15, 0.2) is 29.6 Å². The van der Waals surface area contributed by atoms with Crippen LogP contribution in [-0.4, -0.2) is 15.2 Å². The number of rotatable bonds is 3. The number of nitrogens with zero attached hydrogens (tertiary/aromatic N) is 3. The molecule has 0 spiro atoms. The van der Waals surface area contributed by atoms with Gasteiger partial charge in [0.05, 0.1) is 0 Å². The first-order valence-electron chi connectivity index (χ1n) is 5.28. The summed E-state index contributed by atoms with van der Waals surface area (Å²) in [6, 6.07) is 7.38. The molecule has 0 aliphatic heterocycles. The van der Waals surface area contributed by atoms with Gasteiger partial charge in [-0.1, -0.05) is 22.9 Å². The number of nitrogen functional groups attached to an aromatic ring is 1. The standard InChI is InChI=1S/C11H8ClN5S2/c12-6-1-3-7(4-2-6)14-11-17-16-9(19-11)8-5-18-10(13)15-8/h1-5H,(H2,13,15)(H,14,17). The first kappa shape index (κ1) is 12.3. The Kier molecular flexibility index (Phi) is 3.33. The van der Waals surface area contributed by atoms with Crippen molar-refractivity contribution in [3.63, 3.8) is 0 Å². The van der Waals surface area contributed by atoms with E-state index in [9.17, 15) is 0 Å². The predicted molar refractivity (Wildman–Crippen MR) is 80.2 cm³/mol. The number of nitrogens with one attached hydrogen (secondary N) is 1. The first-order valence-corrected chi connectivity index (χ1v) is 7.35. The van der Waals surface area contributed by atoms with Gasteiger partial charge in [-0.2, -0.15) is 0 Å². The van der Waals surface area contributed by atoms with Gasteiger partial charge in [0.2, 0.25) is 5.13 Å². The number of aromatic nitrogens is 3. The predicted octanol–water partition coefficient (Wildman–Crippen LogP) is 3.64. The van der Waals surface area contributed by atoms with Gasteiger partial charge in [0.25, 0.3) is 0 Å². The first-order chi connectivity index (χ1) is 9.20. The average Bonchev–Trinajstić information content (AvgIpc) is 3.01. The van der Waals surface area contributed by atoms with E-state index in [-0.39, 0.29) is 0 Å². The van der Waals surface area contributed by atoms with Crippen molar-refractivity contribution in [2.24, 2.45) is 0 Å². The Morgan fingerprint density at radius 2 is 1.95 bits per heavy atom. The molecule has 0 bridgehead atoms. The Hall–Kier alpha value is -1.70. The zero-order valence-corrected chi connectivity index (χ0v) is 11.9. The Morgan fingerprint density at radius 1 is 1.16 bits per heavy atom. The minimum atomic E-state index is 0.525. The molecule has 0 radical (unpaired) electrons. The van der Waals surface area contributed by atoms with Crippen molar-refractivity contribution in [1.82, 2.24) is 15.2 Å². The molecule has 0 saturated heterocycles. The molecule has 0 unspecified atom stereocenters. The van der Waals surface area contributed by atoms with Crippen LogP contribution in [0.5, 0.6) is 0 Å². The molecule has 0 aliphatic rings. The van der Waals surface area contributed by atoms with Gasteiger partial charge in [0, 0.05) is 16.1 Å². The molecule has 0 fully saturated rings. The highest BCUT2D eigenvalue weighted by molar-refractivity contribution is 7.19. The molecule has 3 aromatic rings. The monoisotopic (exact) mass is 309 g/mol. The van der Waals surface area contributed by atoms with Gasteiger partial charge >= 0.3 is 0 Å². The van der Waals surface area contributed by atoms with Crippen LogP contribution in [0.1, 0.15) is 0 Å². The highest BCUT2D eigenvalue weighted by atomic mass is 35.5. The maximum absolute atomic E-state index is 5.83. The van der Waals surface area contributed by atoms with Crippen LogP contribution in [-0.2, 0) is 0 Å². The Morgan fingerprint density at radius 3 is 2.63 bits per heavy atom. The quantitative estimate of drug-likeness (QED) is 0.772. The highest BCUT2D eigenvalue weighted by Crippen LogP contribution is 2.29. The smallest absolute Gasteiger partial charge is 0.210 e. The third-order valence-electron chi connectivity index (χ3n) is 2.26. The van der Waals surface area contributed by atoms with Crippen molar-refractivity contribution in [2.45, 2.75) is 0 Å². The van der Waals surface area contributed by atoms with E-state index >= 15 is 0 Å². The van der Waals surface area contributed by atoms with Crippen molar-refractivity contribution < 1.29 is 0 Å². The lowest BCUT2D eigenvalue weighted by Gasteiger charge is -2.00. The zero-order valence-electron chi connectivity index (χ0n) is 9.50. The average molecular weight is 310 g/mol. The maximum Gasteiger partial charge on any atom is 0.210 e. The molecule has 8 heteroatoms. The van der Waals surface area contributed by atoms with Crippen molar-refractivity contribution in [3.8, 4) is 10.7 Å². The van der Waals surface area contributed by atoms with E-state index in [1.54, 1.807) is 0 Å². The number of hydrogen-bond acceptors (Lipinski definition) is 7. The molecule has 0 atom stereocenters. The molecule has 0 amide bonds. The third-order valence-corrected chi connectivity index (χ3v) is 4.05. The van der Waals surface area contributed by atoms with Gasteiger partial charge in [-0.25, -0.2) is 4.98 Å². The molecule has 2 heterocycles. The lowest BCUT2D eigenvalue weighted by molar-refractivity contribution is 1.09. The molecule has 0 saturated carbocycles. The molecule has 5 nitrogen and oxygen atoms in total. The highest BCUT2D eigenvalue weighted by Gasteiger charge is 2.09. The Balaban J connectivity index is 1.80. The minimum absolute atomic E-state index is 0.525. The van der Waals surface area contributed by atoms with Crippen molar-refractivity contribution >= 4 is 50.2 Å². The van der Waals surface area contributed by atoms with E-state index in [0.29, 0.717) is 15.3 Å². The summed E-state index contributed by atoms with van der Waals surface area (Å²) >= 11 is 8.63. The summed E-state index contributed by atoms with van der Waals surface area (Å²) in [4.78, 5) is 4.17. The summed E-state index contributed by atoms with van der Waals surface area (Å²) in [6.07, 6.45) is 0. The number of halogens is 1. The second-order valence-electron chi connectivity index (χ2n) is 3.62. The lowest BCUT2D eigenvalue weighted by Crippen LogP contribution is -1.88. The fourth-order valence-electron chi connectivity index (χ4n) is 1.42. The van der Waals surface area contributed by atoms with Gasteiger partial charge in [-0.3, -0.25) is 0 Å². The zero-order chi connectivity index (χ0) is 13.2. The summed E-state index contributed by atoms with van der Waals surface area (Å²) in [5.74, 6) is 0.